The summed E-state index contributed by atoms with van der Waals surface area (Å²) in [5.74, 6) is 0.979. The van der Waals surface area contributed by atoms with Crippen LogP contribution in [-0.4, -0.2) is 20.9 Å². The highest BCUT2D eigenvalue weighted by Crippen LogP contribution is 2.13. The van der Waals surface area contributed by atoms with E-state index in [4.69, 9.17) is 0 Å². The van der Waals surface area contributed by atoms with Crippen LogP contribution in [0.15, 0.2) is 54.9 Å². The molecule has 2 heterocycles. The van der Waals surface area contributed by atoms with Crippen LogP contribution in [0.2, 0.25) is 0 Å². The number of nitrogens with zero attached hydrogens (tertiary/aromatic N) is 3. The maximum atomic E-state index is 10.6. The third-order valence-electron chi connectivity index (χ3n) is 3.30. The summed E-state index contributed by atoms with van der Waals surface area (Å²) in [5.41, 5.74) is 2.08. The fourth-order valence-corrected chi connectivity index (χ4v) is 2.21. The van der Waals surface area contributed by atoms with Crippen molar-refractivity contribution in [2.45, 2.75) is 6.42 Å². The Labute approximate surface area is 121 Å². The van der Waals surface area contributed by atoms with E-state index < -0.39 is 0 Å². The summed E-state index contributed by atoms with van der Waals surface area (Å²) in [4.78, 5) is 14.4. The van der Waals surface area contributed by atoms with Crippen LogP contribution in [0.4, 0.5) is 11.5 Å². The molecule has 0 amide bonds. The topological polar surface area (TPSA) is 72.5 Å². The van der Waals surface area contributed by atoms with Crippen molar-refractivity contribution in [3.05, 3.63) is 70.5 Å². The van der Waals surface area contributed by atoms with Gasteiger partial charge in [-0.1, -0.05) is 18.2 Å². The smallest absolute Gasteiger partial charge is 0.269 e. The number of nitro benzene ring substituents is 1. The Bertz CT molecular complexity index is 765. The third kappa shape index (κ3) is 2.84. The van der Waals surface area contributed by atoms with Gasteiger partial charge in [0.25, 0.3) is 5.69 Å². The lowest BCUT2D eigenvalue weighted by atomic mass is 10.1. The molecule has 0 fully saturated rings. The van der Waals surface area contributed by atoms with Gasteiger partial charge in [-0.15, -0.1) is 0 Å². The Balaban J connectivity index is 1.63. The quantitative estimate of drug-likeness (QED) is 0.577. The van der Waals surface area contributed by atoms with Crippen molar-refractivity contribution in [1.29, 1.82) is 0 Å². The van der Waals surface area contributed by atoms with Crippen molar-refractivity contribution in [2.75, 3.05) is 11.9 Å². The lowest BCUT2D eigenvalue weighted by Crippen LogP contribution is -2.07. The largest absolute Gasteiger partial charge is 0.371 e. The van der Waals surface area contributed by atoms with Crippen LogP contribution in [0.5, 0.6) is 0 Å². The first-order valence-corrected chi connectivity index (χ1v) is 6.63. The molecule has 3 rings (SSSR count). The average Bonchev–Trinajstić information content (AvgIpc) is 2.97. The van der Waals surface area contributed by atoms with E-state index in [1.165, 1.54) is 12.1 Å². The Kier molecular flexibility index (Phi) is 3.51. The highest BCUT2D eigenvalue weighted by atomic mass is 16.6. The SMILES string of the molecule is O=[N+]([O-])c1ccc(CCNc2cccc3nccn23)cc1. The third-order valence-corrected chi connectivity index (χ3v) is 3.30. The van der Waals surface area contributed by atoms with E-state index in [2.05, 4.69) is 10.3 Å². The van der Waals surface area contributed by atoms with Gasteiger partial charge >= 0.3 is 0 Å². The van der Waals surface area contributed by atoms with Crippen LogP contribution < -0.4 is 5.32 Å². The monoisotopic (exact) mass is 282 g/mol. The van der Waals surface area contributed by atoms with E-state index in [0.717, 1.165) is 30.0 Å². The summed E-state index contributed by atoms with van der Waals surface area (Å²) in [7, 11) is 0. The Morgan fingerprint density at radius 1 is 1.19 bits per heavy atom. The molecule has 1 aromatic carbocycles. The molecular formula is C15H14N4O2. The second kappa shape index (κ2) is 5.62. The van der Waals surface area contributed by atoms with Crippen molar-refractivity contribution in [3.8, 4) is 0 Å². The van der Waals surface area contributed by atoms with Crippen molar-refractivity contribution >= 4 is 17.2 Å². The van der Waals surface area contributed by atoms with Crippen LogP contribution >= 0.6 is 0 Å². The molecule has 0 aliphatic rings. The van der Waals surface area contributed by atoms with Crippen LogP contribution in [0.3, 0.4) is 0 Å². The van der Waals surface area contributed by atoms with Gasteiger partial charge in [0.05, 0.1) is 4.92 Å². The number of rotatable bonds is 5. The Morgan fingerprint density at radius 3 is 2.76 bits per heavy atom. The van der Waals surface area contributed by atoms with E-state index in [1.54, 1.807) is 18.3 Å². The van der Waals surface area contributed by atoms with Gasteiger partial charge in [-0.2, -0.15) is 0 Å². The van der Waals surface area contributed by atoms with Crippen molar-refractivity contribution in [2.24, 2.45) is 0 Å². The second-order valence-corrected chi connectivity index (χ2v) is 4.67. The van der Waals surface area contributed by atoms with Crippen LogP contribution in [-0.2, 0) is 6.42 Å². The summed E-state index contributed by atoms with van der Waals surface area (Å²) >= 11 is 0. The molecule has 0 atom stereocenters. The van der Waals surface area contributed by atoms with Crippen LogP contribution in [0.25, 0.3) is 5.65 Å². The van der Waals surface area contributed by atoms with Gasteiger partial charge in [-0.3, -0.25) is 14.5 Å². The summed E-state index contributed by atoms with van der Waals surface area (Å²) in [5, 5.41) is 13.9. The highest BCUT2D eigenvalue weighted by Gasteiger charge is 2.04. The predicted molar refractivity (Wildman–Crippen MR) is 80.5 cm³/mol. The number of anilines is 1. The molecule has 6 heteroatoms. The molecule has 3 aromatic rings. The molecule has 0 unspecified atom stereocenters. The first-order valence-electron chi connectivity index (χ1n) is 6.63. The fourth-order valence-electron chi connectivity index (χ4n) is 2.21. The van der Waals surface area contributed by atoms with Crippen LogP contribution in [0.1, 0.15) is 5.56 Å². The number of pyridine rings is 1. The van der Waals surface area contributed by atoms with E-state index in [-0.39, 0.29) is 10.6 Å². The molecule has 0 bridgehead atoms. The minimum absolute atomic E-state index is 0.120. The van der Waals surface area contributed by atoms with Gasteiger partial charge < -0.3 is 5.32 Å². The highest BCUT2D eigenvalue weighted by molar-refractivity contribution is 5.49. The zero-order valence-electron chi connectivity index (χ0n) is 11.3. The molecule has 0 radical (unpaired) electrons. The molecule has 21 heavy (non-hydrogen) atoms. The molecule has 6 nitrogen and oxygen atoms in total. The number of nitro groups is 1. The molecule has 0 aliphatic heterocycles. The van der Waals surface area contributed by atoms with Gasteiger partial charge in [0.1, 0.15) is 11.5 Å². The summed E-state index contributed by atoms with van der Waals surface area (Å²) in [6, 6.07) is 12.5. The number of aromatic nitrogens is 2. The molecular weight excluding hydrogens is 268 g/mol. The number of benzene rings is 1. The molecule has 0 spiro atoms. The minimum atomic E-state index is -0.387. The van der Waals surface area contributed by atoms with Gasteiger partial charge in [0.15, 0.2) is 0 Å². The summed E-state index contributed by atoms with van der Waals surface area (Å²) in [6.07, 6.45) is 4.46. The van der Waals surface area contributed by atoms with E-state index in [0.29, 0.717) is 0 Å². The fraction of sp³-hybridized carbons (Fsp3) is 0.133. The zero-order chi connectivity index (χ0) is 14.7. The predicted octanol–water partition coefficient (Wildman–Crippen LogP) is 2.90. The molecule has 0 saturated carbocycles. The molecule has 0 saturated heterocycles. The number of hydrogen-bond acceptors (Lipinski definition) is 4. The zero-order valence-corrected chi connectivity index (χ0v) is 11.3. The number of hydrogen-bond donors (Lipinski definition) is 1. The molecule has 106 valence electrons. The Hall–Kier alpha value is -2.89. The van der Waals surface area contributed by atoms with E-state index in [1.807, 2.05) is 28.8 Å². The average molecular weight is 282 g/mol. The van der Waals surface area contributed by atoms with Crippen molar-refractivity contribution < 1.29 is 4.92 Å². The maximum absolute atomic E-state index is 10.6. The van der Waals surface area contributed by atoms with Gasteiger partial charge in [0.2, 0.25) is 0 Å². The standard InChI is InChI=1S/C15H14N4O2/c20-19(21)13-6-4-12(5-7-13)8-9-16-14-2-1-3-15-17-10-11-18(14)15/h1-7,10-11,16H,8-9H2. The first kappa shape index (κ1) is 13.1. The minimum Gasteiger partial charge on any atom is -0.371 e. The number of imidazole rings is 1. The number of fused-ring (bicyclic) bond motifs is 1. The van der Waals surface area contributed by atoms with Gasteiger partial charge in [-0.05, 0) is 24.1 Å². The summed E-state index contributed by atoms with van der Waals surface area (Å²) in [6.45, 7) is 0.745. The van der Waals surface area contributed by atoms with E-state index >= 15 is 0 Å². The lowest BCUT2D eigenvalue weighted by molar-refractivity contribution is -0.384. The molecule has 2 aromatic heterocycles. The van der Waals surface area contributed by atoms with Gasteiger partial charge in [-0.25, -0.2) is 4.98 Å². The van der Waals surface area contributed by atoms with Crippen LogP contribution in [0, 0.1) is 10.1 Å². The summed E-state index contributed by atoms with van der Waals surface area (Å²) < 4.78 is 1.98. The number of non-ortho nitro benzene ring substituents is 1. The van der Waals surface area contributed by atoms with Crippen molar-refractivity contribution in [3.63, 3.8) is 0 Å². The van der Waals surface area contributed by atoms with Crippen molar-refractivity contribution in [1.82, 2.24) is 9.38 Å². The van der Waals surface area contributed by atoms with Gasteiger partial charge in [0, 0.05) is 31.1 Å². The number of nitrogens with one attached hydrogen (secondary N) is 1. The Morgan fingerprint density at radius 2 is 2.00 bits per heavy atom. The molecule has 0 aliphatic carbocycles. The van der Waals surface area contributed by atoms with E-state index in [9.17, 15) is 10.1 Å². The maximum Gasteiger partial charge on any atom is 0.269 e. The normalized spacial score (nSPS) is 10.7. The second-order valence-electron chi connectivity index (χ2n) is 4.67. The molecule has 1 N–H and O–H groups in total. The first-order chi connectivity index (χ1) is 10.2. The lowest BCUT2D eigenvalue weighted by Gasteiger charge is -2.08.